The first-order chi connectivity index (χ1) is 6.95. The van der Waals surface area contributed by atoms with Gasteiger partial charge in [-0.25, -0.2) is 4.39 Å². The Morgan fingerprint density at radius 1 is 1.53 bits per heavy atom. The second kappa shape index (κ2) is 3.46. The van der Waals surface area contributed by atoms with Gasteiger partial charge in [-0.1, -0.05) is 25.4 Å². The van der Waals surface area contributed by atoms with E-state index in [0.29, 0.717) is 16.9 Å². The third kappa shape index (κ3) is 1.77. The minimum Gasteiger partial charge on any atom is -0.321 e. The molecule has 2 atom stereocenters. The smallest absolute Gasteiger partial charge is 0.123 e. The van der Waals surface area contributed by atoms with E-state index in [1.807, 2.05) is 0 Å². The fourth-order valence-electron chi connectivity index (χ4n) is 2.30. The highest BCUT2D eigenvalue weighted by atomic mass is 35.5. The van der Waals surface area contributed by atoms with Crippen LogP contribution in [0.2, 0.25) is 5.02 Å². The van der Waals surface area contributed by atoms with Crippen molar-refractivity contribution in [2.45, 2.75) is 25.8 Å². The molecule has 0 aliphatic heterocycles. The van der Waals surface area contributed by atoms with E-state index in [2.05, 4.69) is 13.8 Å². The van der Waals surface area contributed by atoms with Crippen LogP contribution >= 0.6 is 11.6 Å². The molecule has 1 aromatic rings. The maximum atomic E-state index is 13.1. The topological polar surface area (TPSA) is 26.0 Å². The lowest BCUT2D eigenvalue weighted by Gasteiger charge is -2.15. The molecule has 0 amide bonds. The van der Waals surface area contributed by atoms with E-state index in [1.165, 1.54) is 12.1 Å². The second-order valence-electron chi connectivity index (χ2n) is 4.72. The average molecular weight is 228 g/mol. The summed E-state index contributed by atoms with van der Waals surface area (Å²) in [6.45, 7) is 4.26. The highest BCUT2D eigenvalue weighted by molar-refractivity contribution is 6.31. The number of hydrogen-bond acceptors (Lipinski definition) is 1. The molecule has 1 fully saturated rings. The maximum Gasteiger partial charge on any atom is 0.123 e. The van der Waals surface area contributed by atoms with Gasteiger partial charge in [0.2, 0.25) is 0 Å². The molecular weight excluding hydrogens is 213 g/mol. The minimum absolute atomic E-state index is 0.270. The van der Waals surface area contributed by atoms with Crippen LogP contribution in [-0.2, 0) is 5.54 Å². The molecular formula is C12H15ClFN. The van der Waals surface area contributed by atoms with Gasteiger partial charge in [0.25, 0.3) is 0 Å². The van der Waals surface area contributed by atoms with Crippen molar-refractivity contribution in [3.63, 3.8) is 0 Å². The van der Waals surface area contributed by atoms with Gasteiger partial charge < -0.3 is 5.73 Å². The Bertz CT molecular complexity index is 391. The molecule has 3 heteroatoms. The summed E-state index contributed by atoms with van der Waals surface area (Å²) in [4.78, 5) is 0. The van der Waals surface area contributed by atoms with Crippen molar-refractivity contribution in [2.75, 3.05) is 0 Å². The summed E-state index contributed by atoms with van der Waals surface area (Å²) in [5.74, 6) is 0.653. The normalized spacial score (nSPS) is 29.6. The summed E-state index contributed by atoms with van der Waals surface area (Å²) in [6, 6.07) is 4.41. The number of hydrogen-bond donors (Lipinski definition) is 1. The Kier molecular flexibility index (Phi) is 2.52. The first kappa shape index (κ1) is 10.9. The van der Waals surface area contributed by atoms with Crippen LogP contribution in [0.4, 0.5) is 4.39 Å². The van der Waals surface area contributed by atoms with Gasteiger partial charge in [-0.15, -0.1) is 0 Å². The monoisotopic (exact) mass is 227 g/mol. The molecule has 0 radical (unpaired) electrons. The summed E-state index contributed by atoms with van der Waals surface area (Å²) in [6.07, 6.45) is 0.897. The molecule has 2 rings (SSSR count). The molecule has 1 aliphatic rings. The molecule has 2 N–H and O–H groups in total. The lowest BCUT2D eigenvalue weighted by molar-refractivity contribution is 0.486. The SMILES string of the molecule is CC(C)C1CC1(N)c1cc(F)ccc1Cl. The van der Waals surface area contributed by atoms with Crippen LogP contribution in [0.15, 0.2) is 18.2 Å². The zero-order valence-corrected chi connectivity index (χ0v) is 9.68. The molecule has 0 heterocycles. The molecule has 1 aromatic carbocycles. The highest BCUT2D eigenvalue weighted by Gasteiger charge is 2.54. The Morgan fingerprint density at radius 2 is 2.20 bits per heavy atom. The van der Waals surface area contributed by atoms with E-state index in [4.69, 9.17) is 17.3 Å². The van der Waals surface area contributed by atoms with Gasteiger partial charge in [0.1, 0.15) is 5.82 Å². The van der Waals surface area contributed by atoms with Crippen molar-refractivity contribution >= 4 is 11.6 Å². The van der Waals surface area contributed by atoms with Gasteiger partial charge in [0, 0.05) is 10.6 Å². The molecule has 0 bridgehead atoms. The second-order valence-corrected chi connectivity index (χ2v) is 5.13. The highest BCUT2D eigenvalue weighted by Crippen LogP contribution is 2.55. The summed E-state index contributed by atoms with van der Waals surface area (Å²) in [5, 5.41) is 0.571. The number of rotatable bonds is 2. The first-order valence-electron chi connectivity index (χ1n) is 5.19. The van der Waals surface area contributed by atoms with Crippen molar-refractivity contribution < 1.29 is 4.39 Å². The summed E-state index contributed by atoms with van der Waals surface area (Å²) in [7, 11) is 0. The predicted molar refractivity (Wildman–Crippen MR) is 60.2 cm³/mol. The van der Waals surface area contributed by atoms with Crippen LogP contribution in [0.1, 0.15) is 25.8 Å². The van der Waals surface area contributed by atoms with Crippen molar-refractivity contribution in [3.05, 3.63) is 34.6 Å². The van der Waals surface area contributed by atoms with Gasteiger partial charge in [-0.2, -0.15) is 0 Å². The fraction of sp³-hybridized carbons (Fsp3) is 0.500. The van der Waals surface area contributed by atoms with Crippen molar-refractivity contribution in [1.82, 2.24) is 0 Å². The van der Waals surface area contributed by atoms with E-state index in [1.54, 1.807) is 6.07 Å². The Balaban J connectivity index is 2.35. The van der Waals surface area contributed by atoms with Crippen LogP contribution < -0.4 is 5.73 Å². The van der Waals surface area contributed by atoms with Crippen molar-refractivity contribution in [3.8, 4) is 0 Å². The predicted octanol–water partition coefficient (Wildman–Crippen LogP) is 3.31. The quantitative estimate of drug-likeness (QED) is 0.824. The summed E-state index contributed by atoms with van der Waals surface area (Å²) < 4.78 is 13.1. The maximum absolute atomic E-state index is 13.1. The molecule has 15 heavy (non-hydrogen) atoms. The number of nitrogens with two attached hydrogens (primary N) is 1. The molecule has 1 saturated carbocycles. The Labute approximate surface area is 94.4 Å². The van der Waals surface area contributed by atoms with Gasteiger partial charge >= 0.3 is 0 Å². The molecule has 0 aromatic heterocycles. The largest absolute Gasteiger partial charge is 0.321 e. The molecule has 1 nitrogen and oxygen atoms in total. The van der Waals surface area contributed by atoms with Crippen molar-refractivity contribution in [2.24, 2.45) is 17.6 Å². The molecule has 1 aliphatic carbocycles. The zero-order chi connectivity index (χ0) is 11.2. The summed E-state index contributed by atoms with van der Waals surface area (Å²) in [5.41, 5.74) is 6.57. The lowest BCUT2D eigenvalue weighted by Crippen LogP contribution is -2.24. The standard InChI is InChI=1S/C12H15ClFN/c1-7(2)10-6-12(10,15)9-5-8(14)3-4-11(9)13/h3-5,7,10H,6,15H2,1-2H3. The number of halogens is 2. The summed E-state index contributed by atoms with van der Waals surface area (Å²) >= 11 is 6.04. The minimum atomic E-state index is -0.409. The van der Waals surface area contributed by atoms with Gasteiger partial charge in [-0.3, -0.25) is 0 Å². The average Bonchev–Trinajstić information content (AvgIpc) is 2.84. The third-order valence-electron chi connectivity index (χ3n) is 3.29. The lowest BCUT2D eigenvalue weighted by atomic mass is 9.98. The Morgan fingerprint density at radius 3 is 2.73 bits per heavy atom. The Hall–Kier alpha value is -0.600. The van der Waals surface area contributed by atoms with Crippen LogP contribution in [0.3, 0.4) is 0 Å². The zero-order valence-electron chi connectivity index (χ0n) is 8.93. The van der Waals surface area contributed by atoms with Gasteiger partial charge in [-0.05, 0) is 42.0 Å². The van der Waals surface area contributed by atoms with Crippen LogP contribution in [-0.4, -0.2) is 0 Å². The van der Waals surface area contributed by atoms with E-state index in [-0.39, 0.29) is 5.82 Å². The van der Waals surface area contributed by atoms with Gasteiger partial charge in [0.15, 0.2) is 0 Å². The molecule has 0 spiro atoms. The first-order valence-corrected chi connectivity index (χ1v) is 5.57. The van der Waals surface area contributed by atoms with E-state index in [0.717, 1.165) is 12.0 Å². The van der Waals surface area contributed by atoms with Crippen LogP contribution in [0, 0.1) is 17.7 Å². The fourth-order valence-corrected chi connectivity index (χ4v) is 2.59. The van der Waals surface area contributed by atoms with Crippen LogP contribution in [0.5, 0.6) is 0 Å². The van der Waals surface area contributed by atoms with E-state index in [9.17, 15) is 4.39 Å². The molecule has 0 saturated heterocycles. The van der Waals surface area contributed by atoms with Crippen LogP contribution in [0.25, 0.3) is 0 Å². The van der Waals surface area contributed by atoms with Crippen molar-refractivity contribution in [1.29, 1.82) is 0 Å². The number of benzene rings is 1. The van der Waals surface area contributed by atoms with Gasteiger partial charge in [0.05, 0.1) is 0 Å². The van der Waals surface area contributed by atoms with E-state index < -0.39 is 5.54 Å². The molecule has 82 valence electrons. The van der Waals surface area contributed by atoms with E-state index >= 15 is 0 Å². The third-order valence-corrected chi connectivity index (χ3v) is 3.62. The molecule has 2 unspecified atom stereocenters.